The quantitative estimate of drug-likeness (QED) is 0.387. The van der Waals surface area contributed by atoms with E-state index in [0.717, 1.165) is 64.9 Å². The molecule has 1 atom stereocenters. The lowest BCUT2D eigenvalue weighted by molar-refractivity contribution is 0.0893. The van der Waals surface area contributed by atoms with Gasteiger partial charge >= 0.3 is 0 Å². The van der Waals surface area contributed by atoms with Crippen molar-refractivity contribution < 1.29 is 9.47 Å². The van der Waals surface area contributed by atoms with Crippen molar-refractivity contribution in [2.45, 2.75) is 26.7 Å². The van der Waals surface area contributed by atoms with Crippen LogP contribution in [0.5, 0.6) is 0 Å². The molecule has 5 heteroatoms. The number of aliphatic imine (C=N–C) groups is 1. The van der Waals surface area contributed by atoms with Crippen LogP contribution in [0.25, 0.3) is 0 Å². The Hall–Kier alpha value is -0.810. The number of guanidine groups is 1. The van der Waals surface area contributed by atoms with Gasteiger partial charge in [0.25, 0.3) is 0 Å². The summed E-state index contributed by atoms with van der Waals surface area (Å²) >= 11 is 0. The van der Waals surface area contributed by atoms with Gasteiger partial charge in [0.2, 0.25) is 0 Å². The molecule has 5 nitrogen and oxygen atoms in total. The zero-order valence-electron chi connectivity index (χ0n) is 11.7. The van der Waals surface area contributed by atoms with Crippen LogP contribution >= 0.6 is 0 Å². The SMILES string of the molecule is CCNC(=NCCCOCC1CCOC1)NCC. The molecule has 0 aromatic heterocycles. The first-order chi connectivity index (χ1) is 8.86. The van der Waals surface area contributed by atoms with Crippen molar-refractivity contribution in [3.8, 4) is 0 Å². The van der Waals surface area contributed by atoms with Gasteiger partial charge in [-0.3, -0.25) is 4.99 Å². The molecule has 1 aliphatic rings. The van der Waals surface area contributed by atoms with Crippen LogP contribution in [-0.2, 0) is 9.47 Å². The number of rotatable bonds is 8. The second-order valence-electron chi connectivity index (χ2n) is 4.45. The van der Waals surface area contributed by atoms with Gasteiger partial charge in [0.05, 0.1) is 13.2 Å². The predicted octanol–water partition coefficient (Wildman–Crippen LogP) is 1.00. The summed E-state index contributed by atoms with van der Waals surface area (Å²) in [6.07, 6.45) is 2.11. The van der Waals surface area contributed by atoms with Gasteiger partial charge in [-0.1, -0.05) is 0 Å². The van der Waals surface area contributed by atoms with Gasteiger partial charge in [0.15, 0.2) is 5.96 Å². The highest BCUT2D eigenvalue weighted by Crippen LogP contribution is 2.12. The molecule has 1 fully saturated rings. The summed E-state index contributed by atoms with van der Waals surface area (Å²) in [6, 6.07) is 0. The third-order valence-electron chi connectivity index (χ3n) is 2.78. The Morgan fingerprint density at radius 2 is 2.11 bits per heavy atom. The number of hydrogen-bond acceptors (Lipinski definition) is 3. The van der Waals surface area contributed by atoms with Gasteiger partial charge in [0.1, 0.15) is 0 Å². The highest BCUT2D eigenvalue weighted by atomic mass is 16.5. The molecule has 1 unspecified atom stereocenters. The van der Waals surface area contributed by atoms with Gasteiger partial charge in [0, 0.05) is 38.8 Å². The maximum Gasteiger partial charge on any atom is 0.191 e. The first kappa shape index (κ1) is 15.2. The van der Waals surface area contributed by atoms with Crippen molar-refractivity contribution >= 4 is 5.96 Å². The minimum absolute atomic E-state index is 0.604. The summed E-state index contributed by atoms with van der Waals surface area (Å²) in [4.78, 5) is 4.46. The fourth-order valence-electron chi connectivity index (χ4n) is 1.83. The molecule has 106 valence electrons. The van der Waals surface area contributed by atoms with Crippen molar-refractivity contribution in [1.29, 1.82) is 0 Å². The predicted molar refractivity (Wildman–Crippen MR) is 74.0 cm³/mol. The van der Waals surface area contributed by atoms with Crippen molar-refractivity contribution in [3.05, 3.63) is 0 Å². The van der Waals surface area contributed by atoms with E-state index in [4.69, 9.17) is 9.47 Å². The molecule has 1 saturated heterocycles. The largest absolute Gasteiger partial charge is 0.381 e. The third kappa shape index (κ3) is 6.81. The topological polar surface area (TPSA) is 54.9 Å². The Kier molecular flexibility index (Phi) is 8.59. The molecular weight excluding hydrogens is 230 g/mol. The lowest BCUT2D eigenvalue weighted by Crippen LogP contribution is -2.37. The minimum atomic E-state index is 0.604. The maximum absolute atomic E-state index is 5.63. The van der Waals surface area contributed by atoms with Crippen molar-refractivity contribution in [2.75, 3.05) is 46.1 Å². The zero-order valence-corrected chi connectivity index (χ0v) is 11.7. The van der Waals surface area contributed by atoms with Crippen LogP contribution in [0.4, 0.5) is 0 Å². The van der Waals surface area contributed by atoms with Gasteiger partial charge in [-0.15, -0.1) is 0 Å². The van der Waals surface area contributed by atoms with Crippen LogP contribution in [-0.4, -0.2) is 52.0 Å². The molecule has 0 amide bonds. The van der Waals surface area contributed by atoms with E-state index >= 15 is 0 Å². The highest BCUT2D eigenvalue weighted by molar-refractivity contribution is 5.79. The van der Waals surface area contributed by atoms with Gasteiger partial charge in [-0.05, 0) is 26.7 Å². The highest BCUT2D eigenvalue weighted by Gasteiger charge is 2.14. The summed E-state index contributed by atoms with van der Waals surface area (Å²) in [5.41, 5.74) is 0. The minimum Gasteiger partial charge on any atom is -0.381 e. The van der Waals surface area contributed by atoms with Crippen LogP contribution in [0.3, 0.4) is 0 Å². The normalized spacial score (nSPS) is 18.7. The van der Waals surface area contributed by atoms with Crippen molar-refractivity contribution in [3.63, 3.8) is 0 Å². The molecule has 1 heterocycles. The van der Waals surface area contributed by atoms with E-state index < -0.39 is 0 Å². The van der Waals surface area contributed by atoms with E-state index in [2.05, 4.69) is 29.5 Å². The number of ether oxygens (including phenoxy) is 2. The number of nitrogens with one attached hydrogen (secondary N) is 2. The summed E-state index contributed by atoms with van der Waals surface area (Å²) < 4.78 is 10.9. The average molecular weight is 257 g/mol. The molecule has 1 rings (SSSR count). The first-order valence-corrected chi connectivity index (χ1v) is 7.04. The van der Waals surface area contributed by atoms with Crippen molar-refractivity contribution in [2.24, 2.45) is 10.9 Å². The average Bonchev–Trinajstić information content (AvgIpc) is 2.87. The monoisotopic (exact) mass is 257 g/mol. The van der Waals surface area contributed by atoms with Crippen molar-refractivity contribution in [1.82, 2.24) is 10.6 Å². The molecule has 2 N–H and O–H groups in total. The molecule has 0 spiro atoms. The summed E-state index contributed by atoms with van der Waals surface area (Å²) in [6.45, 7) is 10.1. The van der Waals surface area contributed by atoms with Gasteiger partial charge in [-0.25, -0.2) is 0 Å². The Labute approximate surface area is 110 Å². The third-order valence-corrected chi connectivity index (χ3v) is 2.78. The van der Waals surface area contributed by atoms with Gasteiger partial charge in [-0.2, -0.15) is 0 Å². The lowest BCUT2D eigenvalue weighted by atomic mass is 10.1. The molecular formula is C13H27N3O2. The molecule has 0 aromatic carbocycles. The van der Waals surface area contributed by atoms with Crippen LogP contribution in [0.2, 0.25) is 0 Å². The van der Waals surface area contributed by atoms with Crippen LogP contribution in [0.1, 0.15) is 26.7 Å². The molecule has 0 bridgehead atoms. The second-order valence-corrected chi connectivity index (χ2v) is 4.45. The zero-order chi connectivity index (χ0) is 13.1. The Morgan fingerprint density at radius 1 is 1.33 bits per heavy atom. The Bertz CT molecular complexity index is 220. The van der Waals surface area contributed by atoms with E-state index in [9.17, 15) is 0 Å². The number of hydrogen-bond donors (Lipinski definition) is 2. The number of nitrogens with zero attached hydrogens (tertiary/aromatic N) is 1. The summed E-state index contributed by atoms with van der Waals surface area (Å²) in [5, 5.41) is 6.40. The van der Waals surface area contributed by atoms with E-state index in [1.54, 1.807) is 0 Å². The smallest absolute Gasteiger partial charge is 0.191 e. The lowest BCUT2D eigenvalue weighted by Gasteiger charge is -2.10. The molecule has 0 aromatic rings. The molecule has 1 aliphatic heterocycles. The van der Waals surface area contributed by atoms with Crippen LogP contribution in [0, 0.1) is 5.92 Å². The maximum atomic E-state index is 5.63. The van der Waals surface area contributed by atoms with Gasteiger partial charge < -0.3 is 20.1 Å². The summed E-state index contributed by atoms with van der Waals surface area (Å²) in [5.74, 6) is 1.50. The molecule has 0 radical (unpaired) electrons. The second kappa shape index (κ2) is 10.1. The van der Waals surface area contributed by atoms with Crippen LogP contribution in [0.15, 0.2) is 4.99 Å². The van der Waals surface area contributed by atoms with E-state index in [1.807, 2.05) is 0 Å². The Balaban J connectivity index is 1.99. The molecule has 0 aliphatic carbocycles. The fourth-order valence-corrected chi connectivity index (χ4v) is 1.83. The van der Waals surface area contributed by atoms with Crippen LogP contribution < -0.4 is 10.6 Å². The summed E-state index contributed by atoms with van der Waals surface area (Å²) in [7, 11) is 0. The Morgan fingerprint density at radius 3 is 2.72 bits per heavy atom. The van der Waals surface area contributed by atoms with E-state index in [0.29, 0.717) is 5.92 Å². The fraction of sp³-hybridized carbons (Fsp3) is 0.923. The van der Waals surface area contributed by atoms with E-state index in [-0.39, 0.29) is 0 Å². The first-order valence-electron chi connectivity index (χ1n) is 7.04. The molecule has 18 heavy (non-hydrogen) atoms. The van der Waals surface area contributed by atoms with E-state index in [1.165, 1.54) is 0 Å². The molecule has 0 saturated carbocycles. The standard InChI is InChI=1S/C13H27N3O2/c1-3-14-13(15-4-2)16-7-5-8-17-10-12-6-9-18-11-12/h12H,3-11H2,1-2H3,(H2,14,15,16).